The molecule has 1 saturated heterocycles. The van der Waals surface area contributed by atoms with E-state index >= 15 is 0 Å². The number of amides is 1. The second-order valence-corrected chi connectivity index (χ2v) is 8.00. The maximum absolute atomic E-state index is 12.7. The molecular formula is C23H27N7O4. The van der Waals surface area contributed by atoms with Crippen LogP contribution in [0.3, 0.4) is 0 Å². The number of fused-ring (bicyclic) bond motifs is 3. The zero-order valence-corrected chi connectivity index (χ0v) is 19.1. The number of carbonyl (C=O) groups is 1. The summed E-state index contributed by atoms with van der Waals surface area (Å²) < 4.78 is 19.1. The Kier molecular flexibility index (Phi) is 6.63. The van der Waals surface area contributed by atoms with Crippen LogP contribution >= 0.6 is 0 Å². The van der Waals surface area contributed by atoms with Crippen molar-refractivity contribution in [2.45, 2.75) is 13.0 Å². The number of morpholine rings is 1. The van der Waals surface area contributed by atoms with Gasteiger partial charge < -0.3 is 19.5 Å². The fourth-order valence-corrected chi connectivity index (χ4v) is 4.21. The second kappa shape index (κ2) is 10.1. The van der Waals surface area contributed by atoms with Crippen molar-refractivity contribution in [2.24, 2.45) is 4.99 Å². The molecule has 0 aliphatic carbocycles. The summed E-state index contributed by atoms with van der Waals surface area (Å²) in [5, 5.41) is 4.25. The molecule has 11 nitrogen and oxygen atoms in total. The predicted molar refractivity (Wildman–Crippen MR) is 124 cm³/mol. The molecule has 2 aliphatic heterocycles. The van der Waals surface area contributed by atoms with Gasteiger partial charge in [0.2, 0.25) is 5.62 Å². The lowest BCUT2D eigenvalue weighted by Crippen LogP contribution is -2.37. The third-order valence-corrected chi connectivity index (χ3v) is 5.89. The number of hydrogen-bond acceptors (Lipinski definition) is 9. The van der Waals surface area contributed by atoms with Gasteiger partial charge >= 0.3 is 0 Å². The van der Waals surface area contributed by atoms with E-state index < -0.39 is 5.91 Å². The molecule has 2 aliphatic rings. The summed E-state index contributed by atoms with van der Waals surface area (Å²) in [5.41, 5.74) is 1.09. The van der Waals surface area contributed by atoms with E-state index in [1.807, 2.05) is 16.7 Å². The van der Waals surface area contributed by atoms with Gasteiger partial charge in [-0.2, -0.15) is 4.99 Å². The lowest BCUT2D eigenvalue weighted by molar-refractivity contribution is 0.0357. The van der Waals surface area contributed by atoms with Crippen molar-refractivity contribution in [1.29, 1.82) is 0 Å². The summed E-state index contributed by atoms with van der Waals surface area (Å²) in [7, 11) is 1.59. The molecule has 0 atom stereocenters. The van der Waals surface area contributed by atoms with Crippen molar-refractivity contribution >= 4 is 22.6 Å². The zero-order valence-electron chi connectivity index (χ0n) is 19.1. The number of nitrogens with zero attached hydrogens (tertiary/aromatic N) is 6. The van der Waals surface area contributed by atoms with Crippen LogP contribution in [0.5, 0.6) is 11.5 Å². The molecule has 1 N–H and O–H groups in total. The van der Waals surface area contributed by atoms with Crippen LogP contribution in [0.2, 0.25) is 0 Å². The van der Waals surface area contributed by atoms with E-state index in [-0.39, 0.29) is 5.69 Å². The molecule has 5 rings (SSSR count). The Hall–Kier alpha value is -3.57. The number of rotatable bonds is 7. The van der Waals surface area contributed by atoms with Crippen molar-refractivity contribution in [2.75, 3.05) is 58.4 Å². The molecule has 0 spiro atoms. The van der Waals surface area contributed by atoms with Crippen LogP contribution < -0.4 is 20.4 Å². The van der Waals surface area contributed by atoms with Crippen LogP contribution in [0.4, 0.5) is 5.82 Å². The number of aromatic nitrogens is 4. The Morgan fingerprint density at radius 1 is 1.24 bits per heavy atom. The largest absolute Gasteiger partial charge is 0.491 e. The van der Waals surface area contributed by atoms with E-state index in [2.05, 4.69) is 25.2 Å². The molecule has 0 bridgehead atoms. The van der Waals surface area contributed by atoms with Gasteiger partial charge in [0.1, 0.15) is 23.4 Å². The summed E-state index contributed by atoms with van der Waals surface area (Å²) in [6.07, 6.45) is 3.72. The Labute approximate surface area is 196 Å². The molecule has 11 heteroatoms. The number of carbonyl (C=O) groups excluding carboxylic acids is 1. The standard InChI is InChI=1S/C23H27N7O4/c1-32-20-18(34-12-2-8-29-10-13-33-14-11-29)4-3-16-19(20)27-23(30-9-7-25-21(16)30)28-22(31)17-5-6-24-15-26-17/h3-6,15,25H,2,7-14H2,1H3. The molecular weight excluding hydrogens is 438 g/mol. The van der Waals surface area contributed by atoms with Crippen LogP contribution in [0, 0.1) is 0 Å². The van der Waals surface area contributed by atoms with Gasteiger partial charge in [-0.15, -0.1) is 0 Å². The maximum Gasteiger partial charge on any atom is 0.298 e. The highest BCUT2D eigenvalue weighted by Crippen LogP contribution is 2.37. The van der Waals surface area contributed by atoms with Crippen LogP contribution in [-0.4, -0.2) is 83.4 Å². The highest BCUT2D eigenvalue weighted by molar-refractivity contribution is 5.96. The van der Waals surface area contributed by atoms with E-state index in [9.17, 15) is 4.79 Å². The normalized spacial score (nSPS) is 16.3. The lowest BCUT2D eigenvalue weighted by atomic mass is 10.2. The van der Waals surface area contributed by atoms with E-state index in [1.165, 1.54) is 18.6 Å². The number of ether oxygens (including phenoxy) is 3. The van der Waals surface area contributed by atoms with Crippen molar-refractivity contribution in [3.05, 3.63) is 42.0 Å². The minimum absolute atomic E-state index is 0.210. The molecule has 1 amide bonds. The Balaban J connectivity index is 1.44. The van der Waals surface area contributed by atoms with Gasteiger partial charge in [-0.1, -0.05) is 0 Å². The molecule has 34 heavy (non-hydrogen) atoms. The SMILES string of the molecule is COc1c(OCCCN2CCOCC2)ccc2c3n(c(=NC(=O)c4ccncn4)nc12)CCN3. The fraction of sp³-hybridized carbons (Fsp3) is 0.435. The molecule has 2 aromatic heterocycles. The van der Waals surface area contributed by atoms with Crippen molar-refractivity contribution in [3.63, 3.8) is 0 Å². The van der Waals surface area contributed by atoms with Crippen molar-refractivity contribution in [3.8, 4) is 11.5 Å². The third kappa shape index (κ3) is 4.57. The number of nitrogens with one attached hydrogen (secondary N) is 1. The number of methoxy groups -OCH3 is 1. The molecule has 3 aromatic rings. The zero-order chi connectivity index (χ0) is 23.3. The Bertz CT molecular complexity index is 1240. The first-order valence-corrected chi connectivity index (χ1v) is 11.4. The molecule has 1 fully saturated rings. The number of hydrogen-bond donors (Lipinski definition) is 1. The van der Waals surface area contributed by atoms with Gasteiger partial charge in [-0.05, 0) is 24.6 Å². The van der Waals surface area contributed by atoms with Crippen molar-refractivity contribution < 1.29 is 19.0 Å². The van der Waals surface area contributed by atoms with E-state index in [0.717, 1.165) is 50.5 Å². The summed E-state index contributed by atoms with van der Waals surface area (Å²) >= 11 is 0. The van der Waals surface area contributed by atoms with E-state index in [4.69, 9.17) is 19.2 Å². The molecule has 178 valence electrons. The van der Waals surface area contributed by atoms with E-state index in [0.29, 0.717) is 42.3 Å². The molecule has 0 saturated carbocycles. The topological polar surface area (TPSA) is 116 Å². The first-order valence-electron chi connectivity index (χ1n) is 11.4. The van der Waals surface area contributed by atoms with Crippen LogP contribution in [-0.2, 0) is 11.3 Å². The van der Waals surface area contributed by atoms with Gasteiger partial charge in [0.05, 0.1) is 26.9 Å². The third-order valence-electron chi connectivity index (χ3n) is 5.89. The minimum atomic E-state index is -0.481. The van der Waals surface area contributed by atoms with Crippen LogP contribution in [0.1, 0.15) is 16.9 Å². The van der Waals surface area contributed by atoms with E-state index in [1.54, 1.807) is 7.11 Å². The molecule has 4 heterocycles. The summed E-state index contributed by atoms with van der Waals surface area (Å²) in [6.45, 7) is 6.37. The number of anilines is 1. The quantitative estimate of drug-likeness (QED) is 0.512. The van der Waals surface area contributed by atoms with Crippen molar-refractivity contribution in [1.82, 2.24) is 24.4 Å². The predicted octanol–water partition coefficient (Wildman–Crippen LogP) is 1.10. The smallest absolute Gasteiger partial charge is 0.298 e. The van der Waals surface area contributed by atoms with Crippen LogP contribution in [0.15, 0.2) is 35.7 Å². The van der Waals surface area contributed by atoms with Crippen LogP contribution in [0.25, 0.3) is 10.9 Å². The first-order chi connectivity index (χ1) is 16.7. The maximum atomic E-state index is 12.7. The lowest BCUT2D eigenvalue weighted by Gasteiger charge is -2.26. The summed E-state index contributed by atoms with van der Waals surface area (Å²) in [5.74, 6) is 1.49. The molecule has 0 radical (unpaired) electrons. The molecule has 1 aromatic carbocycles. The summed E-state index contributed by atoms with van der Waals surface area (Å²) in [6, 6.07) is 5.39. The van der Waals surface area contributed by atoms with Gasteiger partial charge in [0.25, 0.3) is 5.91 Å². The van der Waals surface area contributed by atoms with Gasteiger partial charge in [0, 0.05) is 44.3 Å². The average molecular weight is 466 g/mol. The first kappa shape index (κ1) is 22.2. The fourth-order valence-electron chi connectivity index (χ4n) is 4.21. The van der Waals surface area contributed by atoms with Gasteiger partial charge in [-0.3, -0.25) is 14.3 Å². The minimum Gasteiger partial charge on any atom is -0.491 e. The highest BCUT2D eigenvalue weighted by Gasteiger charge is 2.21. The van der Waals surface area contributed by atoms with Gasteiger partial charge in [-0.25, -0.2) is 15.0 Å². The summed E-state index contributed by atoms with van der Waals surface area (Å²) in [4.78, 5) is 31.9. The number of benzene rings is 1. The Morgan fingerprint density at radius 3 is 2.91 bits per heavy atom. The second-order valence-electron chi connectivity index (χ2n) is 8.00. The van der Waals surface area contributed by atoms with Gasteiger partial charge in [0.15, 0.2) is 11.5 Å². The average Bonchev–Trinajstić information content (AvgIpc) is 3.38. The molecule has 0 unspecified atom stereocenters. The monoisotopic (exact) mass is 465 g/mol. The Morgan fingerprint density at radius 2 is 2.12 bits per heavy atom. The highest BCUT2D eigenvalue weighted by atomic mass is 16.5.